The minimum absolute atomic E-state index is 0.485. The predicted octanol–water partition coefficient (Wildman–Crippen LogP) is 12.7. The fourth-order valence-electron chi connectivity index (χ4n) is 9.70. The molecule has 0 saturated carbocycles. The van der Waals surface area contributed by atoms with Gasteiger partial charge in [-0.1, -0.05) is 152 Å². The molecule has 0 fully saturated rings. The summed E-state index contributed by atoms with van der Waals surface area (Å²) in [4.78, 5) is 0. The number of aromatic nitrogens is 1. The molecule has 0 N–H and O–H groups in total. The van der Waals surface area contributed by atoms with Crippen molar-refractivity contribution in [1.82, 2.24) is 4.57 Å². The Morgan fingerprint density at radius 2 is 0.922 bits per heavy atom. The van der Waals surface area contributed by atoms with Crippen molar-refractivity contribution < 1.29 is 4.42 Å². The summed E-state index contributed by atoms with van der Waals surface area (Å²) in [5, 5.41) is 4.76. The van der Waals surface area contributed by atoms with Crippen LogP contribution in [0, 0.1) is 0 Å². The molecule has 0 bridgehead atoms. The van der Waals surface area contributed by atoms with Crippen molar-refractivity contribution in [2.24, 2.45) is 0 Å². The van der Waals surface area contributed by atoms with Crippen molar-refractivity contribution in [2.75, 3.05) is 0 Å². The Morgan fingerprint density at radius 3 is 1.67 bits per heavy atom. The Bertz CT molecular complexity index is 3020. The Balaban J connectivity index is 1.31. The van der Waals surface area contributed by atoms with E-state index in [9.17, 15) is 0 Å². The van der Waals surface area contributed by atoms with Crippen LogP contribution in [0.3, 0.4) is 0 Å². The molecule has 2 heterocycles. The van der Waals surface area contributed by atoms with Gasteiger partial charge in [-0.15, -0.1) is 0 Å². The third kappa shape index (κ3) is 3.32. The van der Waals surface area contributed by atoms with E-state index in [1.807, 2.05) is 6.07 Å². The highest BCUT2D eigenvalue weighted by Crippen LogP contribution is 2.64. The average molecular weight is 648 g/mol. The molecular formula is C49H29NO. The van der Waals surface area contributed by atoms with Gasteiger partial charge in [0.1, 0.15) is 11.2 Å². The van der Waals surface area contributed by atoms with E-state index in [1.54, 1.807) is 0 Å². The zero-order valence-corrected chi connectivity index (χ0v) is 27.6. The molecule has 8 aromatic carbocycles. The number of para-hydroxylation sites is 2. The lowest BCUT2D eigenvalue weighted by molar-refractivity contribution is 0.668. The molecule has 236 valence electrons. The molecule has 2 aromatic heterocycles. The van der Waals surface area contributed by atoms with Crippen LogP contribution in [0.1, 0.15) is 22.3 Å². The van der Waals surface area contributed by atoms with Crippen LogP contribution in [0.15, 0.2) is 180 Å². The molecule has 0 radical (unpaired) electrons. The molecule has 2 nitrogen and oxygen atoms in total. The normalized spacial score (nSPS) is 13.6. The van der Waals surface area contributed by atoms with Gasteiger partial charge in [0.05, 0.1) is 16.4 Å². The highest BCUT2D eigenvalue weighted by molar-refractivity contribution is 6.18. The van der Waals surface area contributed by atoms with Crippen LogP contribution < -0.4 is 0 Å². The van der Waals surface area contributed by atoms with Crippen molar-refractivity contribution in [3.05, 3.63) is 198 Å². The topological polar surface area (TPSA) is 18.1 Å². The van der Waals surface area contributed by atoms with Crippen LogP contribution in [-0.4, -0.2) is 4.57 Å². The summed E-state index contributed by atoms with van der Waals surface area (Å²) in [5.41, 5.74) is 17.8. The highest BCUT2D eigenvalue weighted by Gasteiger charge is 2.53. The van der Waals surface area contributed by atoms with E-state index in [4.69, 9.17) is 4.42 Å². The van der Waals surface area contributed by atoms with Crippen molar-refractivity contribution in [1.29, 1.82) is 0 Å². The highest BCUT2D eigenvalue weighted by atomic mass is 16.3. The van der Waals surface area contributed by atoms with Crippen molar-refractivity contribution in [2.45, 2.75) is 5.41 Å². The number of furan rings is 1. The third-order valence-corrected chi connectivity index (χ3v) is 11.6. The maximum Gasteiger partial charge on any atom is 0.137 e. The lowest BCUT2D eigenvalue weighted by atomic mass is 9.70. The van der Waals surface area contributed by atoms with E-state index in [0.717, 1.165) is 27.6 Å². The van der Waals surface area contributed by atoms with Gasteiger partial charge in [0.15, 0.2) is 0 Å². The summed E-state index contributed by atoms with van der Waals surface area (Å²) in [7, 11) is 0. The Labute approximate surface area is 294 Å². The zero-order valence-electron chi connectivity index (χ0n) is 27.6. The van der Waals surface area contributed by atoms with Gasteiger partial charge in [0.25, 0.3) is 0 Å². The van der Waals surface area contributed by atoms with Crippen LogP contribution in [0.2, 0.25) is 0 Å². The average Bonchev–Trinajstić information content (AvgIpc) is 3.91. The number of hydrogen-bond acceptors (Lipinski definition) is 1. The second-order valence-corrected chi connectivity index (χ2v) is 14.0. The van der Waals surface area contributed by atoms with Crippen LogP contribution in [-0.2, 0) is 5.41 Å². The van der Waals surface area contributed by atoms with E-state index in [1.165, 1.54) is 77.4 Å². The third-order valence-electron chi connectivity index (χ3n) is 11.6. The summed E-state index contributed by atoms with van der Waals surface area (Å²) < 4.78 is 9.10. The molecular weight excluding hydrogens is 619 g/mol. The number of nitrogens with zero attached hydrogens (tertiary/aromatic N) is 1. The van der Waals surface area contributed by atoms with Gasteiger partial charge in [-0.2, -0.15) is 0 Å². The first-order valence-corrected chi connectivity index (χ1v) is 17.7. The number of benzene rings is 8. The monoisotopic (exact) mass is 647 g/mol. The zero-order chi connectivity index (χ0) is 33.3. The van der Waals surface area contributed by atoms with E-state index in [0.29, 0.717) is 0 Å². The molecule has 0 saturated heterocycles. The van der Waals surface area contributed by atoms with Gasteiger partial charge in [0.2, 0.25) is 0 Å². The first-order valence-electron chi connectivity index (χ1n) is 17.7. The molecule has 2 aliphatic carbocycles. The molecule has 10 aromatic rings. The first kappa shape index (κ1) is 27.2. The lowest BCUT2D eigenvalue weighted by Gasteiger charge is -2.31. The van der Waals surface area contributed by atoms with Gasteiger partial charge in [0, 0.05) is 44.4 Å². The quantitative estimate of drug-likeness (QED) is 0.183. The number of hydrogen-bond donors (Lipinski definition) is 0. The smallest absolute Gasteiger partial charge is 0.137 e. The van der Waals surface area contributed by atoms with Crippen LogP contribution in [0.4, 0.5) is 0 Å². The summed E-state index contributed by atoms with van der Waals surface area (Å²) in [6.07, 6.45) is 0. The van der Waals surface area contributed by atoms with E-state index < -0.39 is 5.41 Å². The van der Waals surface area contributed by atoms with Crippen LogP contribution >= 0.6 is 0 Å². The van der Waals surface area contributed by atoms with Crippen LogP contribution in [0.5, 0.6) is 0 Å². The molecule has 12 rings (SSSR count). The Hall–Kier alpha value is -6.64. The molecule has 0 amide bonds. The van der Waals surface area contributed by atoms with Crippen molar-refractivity contribution in [3.63, 3.8) is 0 Å². The van der Waals surface area contributed by atoms with Gasteiger partial charge >= 0.3 is 0 Å². The second kappa shape index (κ2) is 9.74. The minimum Gasteiger partial charge on any atom is -0.456 e. The van der Waals surface area contributed by atoms with E-state index >= 15 is 0 Å². The number of fused-ring (bicyclic) bond motifs is 17. The second-order valence-electron chi connectivity index (χ2n) is 14.0. The standard InChI is InChI=1S/C49H29NO/c1-2-13-30(14-3-1)32-19-12-20-39-40-28-27-38-35-17-6-10-23-43(35)49(41-21-8-4-15-33(41)34-16-5-9-22-42(34)49)46(38)48(40)50(47(32)39)31-25-26-37-36-18-7-11-24-44(36)51-45(37)29-31/h1-29H. The molecule has 2 heteroatoms. The molecule has 51 heavy (non-hydrogen) atoms. The van der Waals surface area contributed by atoms with Crippen molar-refractivity contribution in [3.8, 4) is 39.1 Å². The van der Waals surface area contributed by atoms with Gasteiger partial charge in [-0.3, -0.25) is 0 Å². The predicted molar refractivity (Wildman–Crippen MR) is 210 cm³/mol. The largest absolute Gasteiger partial charge is 0.456 e. The molecule has 0 atom stereocenters. The Morgan fingerprint density at radius 1 is 0.373 bits per heavy atom. The fourth-order valence-corrected chi connectivity index (χ4v) is 9.70. The van der Waals surface area contributed by atoms with E-state index in [-0.39, 0.29) is 0 Å². The molecule has 0 aliphatic heterocycles. The first-order chi connectivity index (χ1) is 25.3. The SMILES string of the molecule is c1ccc(-c2cccc3c4ccc5c(c4n(-c4ccc6c(c4)oc4ccccc46)c23)C2(c3ccccc3-c3ccccc32)c2ccccc2-5)cc1. The van der Waals surface area contributed by atoms with Gasteiger partial charge in [-0.05, 0) is 62.7 Å². The maximum atomic E-state index is 6.55. The lowest BCUT2D eigenvalue weighted by Crippen LogP contribution is -2.26. The molecule has 0 unspecified atom stereocenters. The summed E-state index contributed by atoms with van der Waals surface area (Å²) in [6.45, 7) is 0. The Kier molecular flexibility index (Phi) is 5.20. The van der Waals surface area contributed by atoms with Gasteiger partial charge < -0.3 is 8.98 Å². The molecule has 2 aliphatic rings. The minimum atomic E-state index is -0.485. The van der Waals surface area contributed by atoms with Crippen LogP contribution in [0.25, 0.3) is 82.8 Å². The summed E-state index contributed by atoms with van der Waals surface area (Å²) in [5.74, 6) is 0. The number of rotatable bonds is 2. The van der Waals surface area contributed by atoms with E-state index in [2.05, 4.69) is 174 Å². The maximum absolute atomic E-state index is 6.55. The molecule has 1 spiro atoms. The van der Waals surface area contributed by atoms with Crippen molar-refractivity contribution >= 4 is 43.7 Å². The van der Waals surface area contributed by atoms with Gasteiger partial charge in [-0.25, -0.2) is 0 Å². The fraction of sp³-hybridized carbons (Fsp3) is 0.0204. The summed E-state index contributed by atoms with van der Waals surface area (Å²) >= 11 is 0. The summed E-state index contributed by atoms with van der Waals surface area (Å²) in [6, 6.07) is 64.7.